The number of aryl methyl sites for hydroxylation is 1. The lowest BCUT2D eigenvalue weighted by molar-refractivity contribution is -0.140. The molecule has 7 nitrogen and oxygen atoms in total. The lowest BCUT2D eigenvalue weighted by Crippen LogP contribution is -2.27. The lowest BCUT2D eigenvalue weighted by atomic mass is 10.0. The highest BCUT2D eigenvalue weighted by Crippen LogP contribution is 2.31. The highest BCUT2D eigenvalue weighted by atomic mass is 35.5. The van der Waals surface area contributed by atoms with Crippen LogP contribution in [0.25, 0.3) is 11.3 Å². The monoisotopic (exact) mass is 384 g/mol. The number of hydrogen-bond donors (Lipinski definition) is 1. The number of nitrogens with zero attached hydrogens (tertiary/aromatic N) is 4. The smallest absolute Gasteiger partial charge is 0.326 e. The zero-order valence-electron chi connectivity index (χ0n) is 14.6. The van der Waals surface area contributed by atoms with Crippen molar-refractivity contribution >= 4 is 28.8 Å². The van der Waals surface area contributed by atoms with Gasteiger partial charge in [0.1, 0.15) is 6.04 Å². The Bertz CT molecular complexity index is 1090. The first-order chi connectivity index (χ1) is 12.9. The summed E-state index contributed by atoms with van der Waals surface area (Å²) in [6, 6.07) is 2.58. The van der Waals surface area contributed by atoms with Gasteiger partial charge in [-0.25, -0.2) is 9.48 Å². The fourth-order valence-corrected chi connectivity index (χ4v) is 3.73. The quantitative estimate of drug-likeness (QED) is 0.878. The Morgan fingerprint density at radius 3 is 2.89 bits per heavy atom. The molecule has 8 heteroatoms. The van der Waals surface area contributed by atoms with E-state index in [9.17, 15) is 14.7 Å². The average Bonchev–Trinajstić information content (AvgIpc) is 3.18. The molecule has 0 amide bonds. The van der Waals surface area contributed by atoms with E-state index in [0.29, 0.717) is 12.8 Å². The normalized spacial score (nSPS) is 19.0. The van der Waals surface area contributed by atoms with Crippen LogP contribution in [0.5, 0.6) is 0 Å². The number of carboxylic acids is 1. The summed E-state index contributed by atoms with van der Waals surface area (Å²) in [5.74, 6) is -0.978. The lowest BCUT2D eigenvalue weighted by Gasteiger charge is -2.13. The van der Waals surface area contributed by atoms with Crippen molar-refractivity contribution < 1.29 is 9.90 Å². The van der Waals surface area contributed by atoms with Gasteiger partial charge in [-0.2, -0.15) is 0 Å². The Morgan fingerprint density at radius 2 is 2.19 bits per heavy atom. The summed E-state index contributed by atoms with van der Waals surface area (Å²) in [5, 5.41) is 17.5. The van der Waals surface area contributed by atoms with Crippen molar-refractivity contribution in [1.29, 1.82) is 0 Å². The van der Waals surface area contributed by atoms with Crippen LogP contribution in [-0.4, -0.2) is 30.6 Å². The molecule has 0 radical (unpaired) electrons. The van der Waals surface area contributed by atoms with Gasteiger partial charge in [-0.3, -0.25) is 9.36 Å². The average molecular weight is 385 g/mol. The van der Waals surface area contributed by atoms with Gasteiger partial charge < -0.3 is 5.11 Å². The van der Waals surface area contributed by atoms with Crippen molar-refractivity contribution in [3.63, 3.8) is 0 Å². The van der Waals surface area contributed by atoms with E-state index in [1.54, 1.807) is 10.9 Å². The predicted molar refractivity (Wildman–Crippen MR) is 101 cm³/mol. The van der Waals surface area contributed by atoms with Gasteiger partial charge in [0, 0.05) is 17.3 Å². The highest BCUT2D eigenvalue weighted by molar-refractivity contribution is 6.29. The van der Waals surface area contributed by atoms with Crippen LogP contribution in [0.3, 0.4) is 0 Å². The SMILES string of the molecule is CC1=CC(c2cc3n(c(=O)c2)C(C(=O)O)CC3)=C(n2cc(Cl)nn2)C=CC1. The summed E-state index contributed by atoms with van der Waals surface area (Å²) in [7, 11) is 0. The number of aromatic nitrogens is 4. The Balaban J connectivity index is 1.92. The molecule has 0 aromatic carbocycles. The first kappa shape index (κ1) is 17.5. The molecule has 1 unspecified atom stereocenters. The number of allylic oxidation sites excluding steroid dienone is 6. The third kappa shape index (κ3) is 3.14. The predicted octanol–water partition coefficient (Wildman–Crippen LogP) is 2.94. The number of fused-ring (bicyclic) bond motifs is 1. The highest BCUT2D eigenvalue weighted by Gasteiger charge is 2.29. The summed E-state index contributed by atoms with van der Waals surface area (Å²) in [6.07, 6.45) is 9.32. The maximum Gasteiger partial charge on any atom is 0.326 e. The molecule has 4 rings (SSSR count). The van der Waals surface area contributed by atoms with E-state index in [-0.39, 0.29) is 10.7 Å². The summed E-state index contributed by atoms with van der Waals surface area (Å²) < 4.78 is 2.95. The topological polar surface area (TPSA) is 90.0 Å². The van der Waals surface area contributed by atoms with Gasteiger partial charge in [0.05, 0.1) is 11.9 Å². The van der Waals surface area contributed by atoms with Crippen LogP contribution in [0.1, 0.15) is 37.1 Å². The fraction of sp³-hybridized carbons (Fsp3) is 0.263. The molecule has 1 aliphatic carbocycles. The Labute approximate surface area is 159 Å². The van der Waals surface area contributed by atoms with Crippen LogP contribution >= 0.6 is 11.6 Å². The molecule has 3 heterocycles. The molecule has 1 N–H and O–H groups in total. The van der Waals surface area contributed by atoms with Gasteiger partial charge in [-0.05, 0) is 43.9 Å². The number of pyridine rings is 1. The summed E-state index contributed by atoms with van der Waals surface area (Å²) in [4.78, 5) is 24.1. The molecule has 27 heavy (non-hydrogen) atoms. The van der Waals surface area contributed by atoms with Crippen LogP contribution < -0.4 is 5.56 Å². The van der Waals surface area contributed by atoms with Crippen molar-refractivity contribution in [2.75, 3.05) is 0 Å². The summed E-state index contributed by atoms with van der Waals surface area (Å²) in [6.45, 7) is 2.02. The number of halogens is 1. The summed E-state index contributed by atoms with van der Waals surface area (Å²) >= 11 is 5.92. The molecule has 0 saturated heterocycles. The number of carbonyl (C=O) groups is 1. The van der Waals surface area contributed by atoms with Gasteiger partial charge in [-0.1, -0.05) is 34.5 Å². The van der Waals surface area contributed by atoms with Crippen LogP contribution in [0.4, 0.5) is 0 Å². The van der Waals surface area contributed by atoms with Crippen molar-refractivity contribution in [2.24, 2.45) is 0 Å². The van der Waals surface area contributed by atoms with Gasteiger partial charge in [-0.15, -0.1) is 5.10 Å². The molecule has 0 spiro atoms. The van der Waals surface area contributed by atoms with Gasteiger partial charge in [0.2, 0.25) is 0 Å². The number of hydrogen-bond acceptors (Lipinski definition) is 4. The van der Waals surface area contributed by atoms with Gasteiger partial charge >= 0.3 is 5.97 Å². The van der Waals surface area contributed by atoms with Crippen LogP contribution in [0.15, 0.2) is 46.9 Å². The second kappa shape index (κ2) is 6.66. The van der Waals surface area contributed by atoms with Crippen LogP contribution in [0, 0.1) is 0 Å². The zero-order chi connectivity index (χ0) is 19.1. The number of aliphatic carboxylic acids is 1. The molecule has 1 aliphatic heterocycles. The second-order valence-electron chi connectivity index (χ2n) is 6.72. The molecular weight excluding hydrogens is 368 g/mol. The molecule has 2 aromatic rings. The largest absolute Gasteiger partial charge is 0.480 e. The van der Waals surface area contributed by atoms with E-state index in [2.05, 4.69) is 10.3 Å². The maximum absolute atomic E-state index is 12.7. The van der Waals surface area contributed by atoms with E-state index >= 15 is 0 Å². The van der Waals surface area contributed by atoms with Gasteiger partial charge in [0.15, 0.2) is 5.15 Å². The number of rotatable bonds is 3. The fourth-order valence-electron chi connectivity index (χ4n) is 3.60. The Hall–Kier alpha value is -2.93. The molecule has 0 fully saturated rings. The van der Waals surface area contributed by atoms with E-state index in [1.165, 1.54) is 10.6 Å². The molecule has 1 atom stereocenters. The minimum absolute atomic E-state index is 0.276. The van der Waals surface area contributed by atoms with Crippen molar-refractivity contribution in [3.05, 3.63) is 68.9 Å². The molecule has 0 bridgehead atoms. The van der Waals surface area contributed by atoms with Crippen LogP contribution in [-0.2, 0) is 11.2 Å². The first-order valence-corrected chi connectivity index (χ1v) is 8.96. The molecule has 138 valence electrons. The summed E-state index contributed by atoms with van der Waals surface area (Å²) in [5.41, 5.74) is 3.85. The van der Waals surface area contributed by atoms with Crippen molar-refractivity contribution in [1.82, 2.24) is 19.6 Å². The number of carboxylic acid groups (broad SMARTS) is 1. The van der Waals surface area contributed by atoms with E-state index < -0.39 is 12.0 Å². The van der Waals surface area contributed by atoms with Crippen LogP contribution in [0.2, 0.25) is 5.15 Å². The molecule has 2 aromatic heterocycles. The third-order valence-electron chi connectivity index (χ3n) is 4.82. The van der Waals surface area contributed by atoms with E-state index in [1.807, 2.05) is 31.2 Å². The zero-order valence-corrected chi connectivity index (χ0v) is 15.3. The Kier molecular flexibility index (Phi) is 4.31. The maximum atomic E-state index is 12.7. The minimum atomic E-state index is -0.978. The van der Waals surface area contributed by atoms with Gasteiger partial charge in [0.25, 0.3) is 5.56 Å². The van der Waals surface area contributed by atoms with Crippen molar-refractivity contribution in [3.8, 4) is 0 Å². The van der Waals surface area contributed by atoms with E-state index in [4.69, 9.17) is 11.6 Å². The minimum Gasteiger partial charge on any atom is -0.480 e. The van der Waals surface area contributed by atoms with Crippen molar-refractivity contribution in [2.45, 2.75) is 32.2 Å². The third-order valence-corrected chi connectivity index (χ3v) is 5.00. The molecule has 2 aliphatic rings. The Morgan fingerprint density at radius 1 is 1.37 bits per heavy atom. The standard InChI is InChI=1S/C19H17ClN4O3/c1-11-3-2-4-15(23-10-17(20)21-22-23)14(7-11)12-8-13-5-6-16(19(26)27)24(13)18(25)9-12/h2,4,7-10,16H,3,5-6H2,1H3,(H,26,27). The second-order valence-corrected chi connectivity index (χ2v) is 7.11. The first-order valence-electron chi connectivity index (χ1n) is 8.59. The molecular formula is C19H17ClN4O3. The molecule has 0 saturated carbocycles. The van der Waals surface area contributed by atoms with E-state index in [0.717, 1.165) is 34.5 Å².